The summed E-state index contributed by atoms with van der Waals surface area (Å²) in [6.07, 6.45) is 4.09. The van der Waals surface area contributed by atoms with Gasteiger partial charge in [0.2, 0.25) is 0 Å². The van der Waals surface area contributed by atoms with E-state index in [1.54, 1.807) is 43.7 Å². The van der Waals surface area contributed by atoms with Gasteiger partial charge in [-0.15, -0.1) is 0 Å². The molecule has 0 fully saturated rings. The van der Waals surface area contributed by atoms with E-state index in [0.29, 0.717) is 44.7 Å². The molecular formula is C27H24Br2FN3O3. The summed E-state index contributed by atoms with van der Waals surface area (Å²) < 4.78 is 27.5. The highest BCUT2D eigenvalue weighted by Crippen LogP contribution is 2.33. The predicted molar refractivity (Wildman–Crippen MR) is 147 cm³/mol. The summed E-state index contributed by atoms with van der Waals surface area (Å²) in [7, 11) is 1.55. The number of aryl methyl sites for hydroxylation is 1. The number of ether oxygens (including phenoxy) is 2. The van der Waals surface area contributed by atoms with Crippen LogP contribution in [-0.4, -0.2) is 23.0 Å². The first kappa shape index (κ1) is 26.0. The molecule has 0 radical (unpaired) electrons. The zero-order valence-corrected chi connectivity index (χ0v) is 23.0. The first-order chi connectivity index (χ1) is 17.4. The van der Waals surface area contributed by atoms with Crippen LogP contribution >= 0.6 is 31.9 Å². The van der Waals surface area contributed by atoms with Gasteiger partial charge in [0.05, 0.1) is 24.2 Å². The Labute approximate surface area is 225 Å². The molecule has 0 amide bonds. The fraction of sp³-hybridized carbons (Fsp3) is 0.222. The Morgan fingerprint density at radius 2 is 1.86 bits per heavy atom. The summed E-state index contributed by atoms with van der Waals surface area (Å²) in [6.45, 7) is 2.35. The summed E-state index contributed by atoms with van der Waals surface area (Å²) in [5.74, 6) is 1.33. The first-order valence-corrected chi connectivity index (χ1v) is 13.0. The Morgan fingerprint density at radius 3 is 2.58 bits per heavy atom. The summed E-state index contributed by atoms with van der Waals surface area (Å²) in [6, 6.07) is 15.1. The number of halogens is 3. The second kappa shape index (κ2) is 11.8. The van der Waals surface area contributed by atoms with Gasteiger partial charge < -0.3 is 9.47 Å². The third kappa shape index (κ3) is 6.02. The molecule has 1 aromatic heterocycles. The molecule has 6 nitrogen and oxygen atoms in total. The molecule has 0 bridgehead atoms. The second-order valence-electron chi connectivity index (χ2n) is 8.09. The van der Waals surface area contributed by atoms with E-state index in [-0.39, 0.29) is 18.0 Å². The van der Waals surface area contributed by atoms with Crippen molar-refractivity contribution in [3.8, 4) is 11.5 Å². The maximum absolute atomic E-state index is 13.3. The largest absolute Gasteiger partial charge is 0.493 e. The van der Waals surface area contributed by atoms with Crippen molar-refractivity contribution in [2.75, 3.05) is 7.11 Å². The molecule has 0 atom stereocenters. The second-order valence-corrected chi connectivity index (χ2v) is 9.86. The lowest BCUT2D eigenvalue weighted by molar-refractivity contribution is 0.284. The highest BCUT2D eigenvalue weighted by atomic mass is 79.9. The lowest BCUT2D eigenvalue weighted by Gasteiger charge is -2.13. The van der Waals surface area contributed by atoms with E-state index in [1.165, 1.54) is 16.8 Å². The van der Waals surface area contributed by atoms with E-state index in [9.17, 15) is 9.18 Å². The summed E-state index contributed by atoms with van der Waals surface area (Å²) in [4.78, 5) is 18.0. The van der Waals surface area contributed by atoms with Crippen molar-refractivity contribution in [1.29, 1.82) is 0 Å². The van der Waals surface area contributed by atoms with Crippen LogP contribution in [-0.2, 0) is 13.0 Å². The minimum Gasteiger partial charge on any atom is -0.493 e. The lowest BCUT2D eigenvalue weighted by atomic mass is 10.2. The molecule has 36 heavy (non-hydrogen) atoms. The molecule has 1 heterocycles. The van der Waals surface area contributed by atoms with Gasteiger partial charge in [-0.25, -0.2) is 9.37 Å². The van der Waals surface area contributed by atoms with Crippen LogP contribution in [0.25, 0.3) is 10.9 Å². The highest BCUT2D eigenvalue weighted by Gasteiger charge is 2.13. The fourth-order valence-corrected chi connectivity index (χ4v) is 4.38. The van der Waals surface area contributed by atoms with Crippen molar-refractivity contribution in [2.45, 2.75) is 32.8 Å². The molecule has 4 rings (SSSR count). The van der Waals surface area contributed by atoms with Gasteiger partial charge in [-0.2, -0.15) is 9.78 Å². The predicted octanol–water partition coefficient (Wildman–Crippen LogP) is 6.87. The van der Waals surface area contributed by atoms with Crippen molar-refractivity contribution in [2.24, 2.45) is 5.10 Å². The molecule has 0 saturated carbocycles. The maximum atomic E-state index is 13.3. The minimum atomic E-state index is -0.297. The number of fused-ring (bicyclic) bond motifs is 1. The van der Waals surface area contributed by atoms with Gasteiger partial charge in [-0.3, -0.25) is 4.79 Å². The smallest absolute Gasteiger partial charge is 0.282 e. The Balaban J connectivity index is 1.67. The van der Waals surface area contributed by atoms with Gasteiger partial charge in [0.25, 0.3) is 5.56 Å². The van der Waals surface area contributed by atoms with E-state index >= 15 is 0 Å². The Morgan fingerprint density at radius 1 is 1.08 bits per heavy atom. The molecule has 4 aromatic rings. The highest BCUT2D eigenvalue weighted by molar-refractivity contribution is 9.10. The number of rotatable bonds is 9. The van der Waals surface area contributed by atoms with Crippen LogP contribution in [0.5, 0.6) is 11.5 Å². The van der Waals surface area contributed by atoms with E-state index in [2.05, 4.69) is 43.9 Å². The topological polar surface area (TPSA) is 65.7 Å². The normalized spacial score (nSPS) is 11.4. The Hall–Kier alpha value is -3.04. The van der Waals surface area contributed by atoms with Gasteiger partial charge in [0.1, 0.15) is 18.2 Å². The standard InChI is InChI=1S/C27H24Br2FN3O3/c1-3-4-5-26-32-23-11-8-19(28)13-21(23)27(34)33(26)31-15-18-12-24(35-2)25(14-22(18)29)36-16-17-6-9-20(30)10-7-17/h6-15H,3-5,16H2,1-2H3. The SMILES string of the molecule is CCCCc1nc2ccc(Br)cc2c(=O)n1N=Cc1cc(OC)c(OCc2ccc(F)cc2)cc1Br. The maximum Gasteiger partial charge on any atom is 0.282 e. The number of aromatic nitrogens is 2. The molecule has 0 spiro atoms. The number of benzene rings is 3. The number of hydrogen-bond acceptors (Lipinski definition) is 5. The number of methoxy groups -OCH3 is 1. The van der Waals surface area contributed by atoms with E-state index in [1.807, 2.05) is 12.1 Å². The van der Waals surface area contributed by atoms with Crippen LogP contribution in [0.2, 0.25) is 0 Å². The van der Waals surface area contributed by atoms with Gasteiger partial charge in [0.15, 0.2) is 11.5 Å². The van der Waals surface area contributed by atoms with Gasteiger partial charge >= 0.3 is 0 Å². The van der Waals surface area contributed by atoms with Crippen LogP contribution in [0.15, 0.2) is 73.4 Å². The van der Waals surface area contributed by atoms with Crippen molar-refractivity contribution in [3.63, 3.8) is 0 Å². The van der Waals surface area contributed by atoms with E-state index in [4.69, 9.17) is 14.5 Å². The molecule has 0 N–H and O–H groups in total. The number of nitrogens with zero attached hydrogens (tertiary/aromatic N) is 3. The molecule has 3 aromatic carbocycles. The quantitative estimate of drug-likeness (QED) is 0.192. The molecule has 9 heteroatoms. The Kier molecular flexibility index (Phi) is 8.53. The molecule has 0 aliphatic heterocycles. The van der Waals surface area contributed by atoms with Crippen LogP contribution in [0.1, 0.15) is 36.7 Å². The molecule has 0 aliphatic rings. The van der Waals surface area contributed by atoms with Crippen LogP contribution in [0, 0.1) is 5.82 Å². The van der Waals surface area contributed by atoms with Crippen LogP contribution in [0.4, 0.5) is 4.39 Å². The van der Waals surface area contributed by atoms with Crippen LogP contribution in [0.3, 0.4) is 0 Å². The van der Waals surface area contributed by atoms with Crippen molar-refractivity contribution in [3.05, 3.63) is 96.7 Å². The van der Waals surface area contributed by atoms with E-state index in [0.717, 1.165) is 22.9 Å². The molecular weight excluding hydrogens is 593 g/mol. The fourth-order valence-electron chi connectivity index (χ4n) is 3.59. The van der Waals surface area contributed by atoms with E-state index < -0.39 is 0 Å². The Bertz CT molecular complexity index is 1470. The third-order valence-corrected chi connectivity index (χ3v) is 6.71. The number of hydrogen-bond donors (Lipinski definition) is 0. The monoisotopic (exact) mass is 615 g/mol. The van der Waals surface area contributed by atoms with Crippen molar-refractivity contribution in [1.82, 2.24) is 9.66 Å². The van der Waals surface area contributed by atoms with Gasteiger partial charge in [0, 0.05) is 20.9 Å². The summed E-state index contributed by atoms with van der Waals surface area (Å²) in [5, 5.41) is 5.00. The lowest BCUT2D eigenvalue weighted by Crippen LogP contribution is -2.22. The average molecular weight is 617 g/mol. The van der Waals surface area contributed by atoms with Crippen LogP contribution < -0.4 is 15.0 Å². The molecule has 0 saturated heterocycles. The minimum absolute atomic E-state index is 0.231. The van der Waals surface area contributed by atoms with Crippen molar-refractivity contribution >= 4 is 49.0 Å². The average Bonchev–Trinajstić information content (AvgIpc) is 2.88. The molecule has 0 aliphatic carbocycles. The first-order valence-electron chi connectivity index (χ1n) is 11.4. The summed E-state index contributed by atoms with van der Waals surface area (Å²) >= 11 is 6.99. The summed E-state index contributed by atoms with van der Waals surface area (Å²) in [5.41, 5.74) is 1.94. The zero-order valence-electron chi connectivity index (χ0n) is 19.8. The van der Waals surface area contributed by atoms with Gasteiger partial charge in [-0.05, 0) is 70.4 Å². The zero-order chi connectivity index (χ0) is 25.7. The van der Waals surface area contributed by atoms with Gasteiger partial charge in [-0.1, -0.05) is 41.4 Å². The third-order valence-electron chi connectivity index (χ3n) is 5.53. The van der Waals surface area contributed by atoms with Crippen molar-refractivity contribution < 1.29 is 13.9 Å². The molecule has 186 valence electrons. The number of unbranched alkanes of at least 4 members (excludes halogenated alkanes) is 1. The molecule has 0 unspecified atom stereocenters.